The lowest BCUT2D eigenvalue weighted by molar-refractivity contribution is -0.137. The fourth-order valence-electron chi connectivity index (χ4n) is 0.929. The Balaban J connectivity index is 2.72. The average molecular weight is 216 g/mol. The summed E-state index contributed by atoms with van der Waals surface area (Å²) in [6.07, 6.45) is 3.27. The van der Waals surface area contributed by atoms with Crippen molar-refractivity contribution in [2.75, 3.05) is 5.32 Å². The molecule has 76 valence electrons. The molecule has 0 fully saturated rings. The topological polar surface area (TPSA) is 75.1 Å². The first-order valence-electron chi connectivity index (χ1n) is 4.10. The molecule has 0 bridgehead atoms. The highest BCUT2D eigenvalue weighted by Gasteiger charge is 2.14. The summed E-state index contributed by atoms with van der Waals surface area (Å²) in [5.74, 6) is -0.555. The van der Waals surface area contributed by atoms with E-state index in [9.17, 15) is 4.79 Å². The summed E-state index contributed by atoms with van der Waals surface area (Å²) in [7, 11) is 0. The molecule has 5 nitrogen and oxygen atoms in total. The van der Waals surface area contributed by atoms with Gasteiger partial charge < -0.3 is 10.4 Å². The summed E-state index contributed by atoms with van der Waals surface area (Å²) in [6, 6.07) is -0.664. The molecule has 0 radical (unpaired) electrons. The molecule has 2 N–H and O–H groups in total. The second kappa shape index (κ2) is 4.76. The quantitative estimate of drug-likeness (QED) is 0.794. The van der Waals surface area contributed by atoms with Gasteiger partial charge in [0.15, 0.2) is 0 Å². The smallest absolute Gasteiger partial charge is 0.326 e. The fourth-order valence-corrected chi connectivity index (χ4v) is 1.08. The monoisotopic (exact) mass is 215 g/mol. The molecule has 0 saturated carbocycles. The van der Waals surface area contributed by atoms with Crippen molar-refractivity contribution in [3.05, 3.63) is 17.5 Å². The maximum atomic E-state index is 10.7. The number of nitrogens with one attached hydrogen (secondary N) is 1. The van der Waals surface area contributed by atoms with Crippen LogP contribution in [0.15, 0.2) is 12.4 Å². The van der Waals surface area contributed by atoms with Crippen molar-refractivity contribution >= 4 is 23.4 Å². The van der Waals surface area contributed by atoms with E-state index >= 15 is 0 Å². The molecule has 1 heterocycles. The largest absolute Gasteiger partial charge is 0.480 e. The summed E-state index contributed by atoms with van der Waals surface area (Å²) in [5.41, 5.74) is 0. The van der Waals surface area contributed by atoms with E-state index in [-0.39, 0.29) is 5.15 Å². The molecule has 1 rings (SSSR count). The number of halogens is 1. The van der Waals surface area contributed by atoms with E-state index in [1.807, 2.05) is 0 Å². The van der Waals surface area contributed by atoms with E-state index in [4.69, 9.17) is 16.7 Å². The van der Waals surface area contributed by atoms with Crippen molar-refractivity contribution in [2.45, 2.75) is 19.4 Å². The van der Waals surface area contributed by atoms with Crippen molar-refractivity contribution in [3.8, 4) is 0 Å². The number of hydrogen-bond donors (Lipinski definition) is 2. The molecular weight excluding hydrogens is 206 g/mol. The van der Waals surface area contributed by atoms with Crippen molar-refractivity contribution in [3.63, 3.8) is 0 Å². The number of nitrogens with zero attached hydrogens (tertiary/aromatic N) is 2. The molecule has 0 amide bonds. The van der Waals surface area contributed by atoms with Gasteiger partial charge in [-0.05, 0) is 6.42 Å². The minimum absolute atomic E-state index is 0.232. The van der Waals surface area contributed by atoms with E-state index in [2.05, 4.69) is 15.3 Å². The van der Waals surface area contributed by atoms with E-state index in [0.717, 1.165) is 0 Å². The molecule has 0 saturated heterocycles. The Bertz CT molecular complexity index is 332. The second-order valence-corrected chi connectivity index (χ2v) is 3.06. The Hall–Kier alpha value is -1.36. The van der Waals surface area contributed by atoms with Gasteiger partial charge in [0, 0.05) is 0 Å². The third-order valence-electron chi connectivity index (χ3n) is 1.63. The predicted molar refractivity (Wildman–Crippen MR) is 52.4 cm³/mol. The number of hydrogen-bond acceptors (Lipinski definition) is 4. The van der Waals surface area contributed by atoms with Crippen molar-refractivity contribution < 1.29 is 9.90 Å². The van der Waals surface area contributed by atoms with Gasteiger partial charge in [-0.1, -0.05) is 18.5 Å². The van der Waals surface area contributed by atoms with Crippen LogP contribution < -0.4 is 5.32 Å². The number of aromatic nitrogens is 2. The molecule has 0 aliphatic carbocycles. The summed E-state index contributed by atoms with van der Waals surface area (Å²) < 4.78 is 0. The van der Waals surface area contributed by atoms with Gasteiger partial charge in [-0.3, -0.25) is 4.98 Å². The highest BCUT2D eigenvalue weighted by molar-refractivity contribution is 6.29. The minimum atomic E-state index is -0.922. The zero-order valence-electron chi connectivity index (χ0n) is 7.57. The Kier molecular flexibility index (Phi) is 3.64. The van der Waals surface area contributed by atoms with Crippen molar-refractivity contribution in [1.82, 2.24) is 9.97 Å². The second-order valence-electron chi connectivity index (χ2n) is 2.67. The SMILES string of the molecule is CCC(Nc1cncc(Cl)n1)C(=O)O. The number of carboxylic acids is 1. The van der Waals surface area contributed by atoms with Crippen molar-refractivity contribution in [1.29, 1.82) is 0 Å². The summed E-state index contributed by atoms with van der Waals surface area (Å²) >= 11 is 5.59. The Labute approximate surface area is 86.1 Å². The minimum Gasteiger partial charge on any atom is -0.480 e. The lowest BCUT2D eigenvalue weighted by Gasteiger charge is -2.11. The molecule has 0 aliphatic heterocycles. The van der Waals surface area contributed by atoms with Crippen LogP contribution in [0.4, 0.5) is 5.82 Å². The molecule has 1 aromatic rings. The first kappa shape index (κ1) is 10.7. The maximum absolute atomic E-state index is 10.7. The van der Waals surface area contributed by atoms with Crippen LogP contribution in [0.3, 0.4) is 0 Å². The van der Waals surface area contributed by atoms with Gasteiger partial charge in [0.25, 0.3) is 0 Å². The normalized spacial score (nSPS) is 12.1. The molecule has 1 unspecified atom stereocenters. The van der Waals surface area contributed by atoms with Crippen LogP contribution in [-0.4, -0.2) is 27.1 Å². The van der Waals surface area contributed by atoms with Crippen LogP contribution in [0.25, 0.3) is 0 Å². The van der Waals surface area contributed by atoms with Gasteiger partial charge in [-0.2, -0.15) is 0 Å². The van der Waals surface area contributed by atoms with Crippen molar-refractivity contribution in [2.24, 2.45) is 0 Å². The number of aliphatic carboxylic acids is 1. The lowest BCUT2D eigenvalue weighted by Crippen LogP contribution is -2.28. The van der Waals surface area contributed by atoms with Crippen LogP contribution in [0.5, 0.6) is 0 Å². The average Bonchev–Trinajstić information content (AvgIpc) is 2.14. The molecule has 0 aromatic carbocycles. The number of rotatable bonds is 4. The number of carbonyl (C=O) groups is 1. The van der Waals surface area contributed by atoms with Crippen LogP contribution >= 0.6 is 11.6 Å². The standard InChI is InChI=1S/C8H10ClN3O2/c1-2-5(8(13)14)11-7-4-10-3-6(9)12-7/h3-5H,2H2,1H3,(H,11,12)(H,13,14). The van der Waals surface area contributed by atoms with Crippen LogP contribution in [0, 0.1) is 0 Å². The van der Waals surface area contributed by atoms with Gasteiger partial charge >= 0.3 is 5.97 Å². The Morgan fingerprint density at radius 2 is 2.43 bits per heavy atom. The molecule has 0 spiro atoms. The highest BCUT2D eigenvalue weighted by atomic mass is 35.5. The van der Waals surface area contributed by atoms with E-state index in [1.165, 1.54) is 12.4 Å². The van der Waals surface area contributed by atoms with Crippen LogP contribution in [0.1, 0.15) is 13.3 Å². The Morgan fingerprint density at radius 3 is 2.93 bits per heavy atom. The third kappa shape index (κ3) is 2.85. The van der Waals surface area contributed by atoms with Gasteiger partial charge in [0.1, 0.15) is 17.0 Å². The third-order valence-corrected chi connectivity index (χ3v) is 1.82. The molecular formula is C8H10ClN3O2. The molecule has 1 atom stereocenters. The van der Waals surface area contributed by atoms with Crippen LogP contribution in [-0.2, 0) is 4.79 Å². The van der Waals surface area contributed by atoms with Gasteiger partial charge in [0.2, 0.25) is 0 Å². The highest BCUT2D eigenvalue weighted by Crippen LogP contribution is 2.09. The van der Waals surface area contributed by atoms with E-state index in [1.54, 1.807) is 6.92 Å². The van der Waals surface area contributed by atoms with Gasteiger partial charge in [-0.15, -0.1) is 0 Å². The van der Waals surface area contributed by atoms with Gasteiger partial charge in [-0.25, -0.2) is 9.78 Å². The summed E-state index contributed by atoms with van der Waals surface area (Å²) in [5, 5.41) is 11.7. The first-order valence-corrected chi connectivity index (χ1v) is 4.48. The molecule has 6 heteroatoms. The van der Waals surface area contributed by atoms with E-state index in [0.29, 0.717) is 12.2 Å². The first-order chi connectivity index (χ1) is 6.63. The van der Waals surface area contributed by atoms with Crippen LogP contribution in [0.2, 0.25) is 5.15 Å². The number of anilines is 1. The summed E-state index contributed by atoms with van der Waals surface area (Å²) in [4.78, 5) is 18.3. The lowest BCUT2D eigenvalue weighted by atomic mass is 10.2. The van der Waals surface area contributed by atoms with E-state index < -0.39 is 12.0 Å². The Morgan fingerprint density at radius 1 is 1.71 bits per heavy atom. The zero-order valence-corrected chi connectivity index (χ0v) is 8.32. The summed E-state index contributed by atoms with van der Waals surface area (Å²) in [6.45, 7) is 1.77. The predicted octanol–water partition coefficient (Wildman–Crippen LogP) is 1.41. The molecule has 0 aliphatic rings. The number of carboxylic acid groups (broad SMARTS) is 1. The molecule has 14 heavy (non-hydrogen) atoms. The van der Waals surface area contributed by atoms with Gasteiger partial charge in [0.05, 0.1) is 12.4 Å². The fraction of sp³-hybridized carbons (Fsp3) is 0.375. The maximum Gasteiger partial charge on any atom is 0.326 e. The zero-order chi connectivity index (χ0) is 10.6. The molecule has 1 aromatic heterocycles.